The maximum atomic E-state index is 4.28. The van der Waals surface area contributed by atoms with Crippen molar-refractivity contribution in [1.29, 1.82) is 0 Å². The number of hydrogen-bond acceptors (Lipinski definition) is 3. The maximum absolute atomic E-state index is 4.28. The fourth-order valence-corrected chi connectivity index (χ4v) is 2.22. The van der Waals surface area contributed by atoms with Crippen LogP contribution in [0.1, 0.15) is 26.7 Å². The van der Waals surface area contributed by atoms with Gasteiger partial charge in [-0.25, -0.2) is 4.98 Å². The van der Waals surface area contributed by atoms with Gasteiger partial charge in [-0.15, -0.1) is 11.8 Å². The van der Waals surface area contributed by atoms with Crippen LogP contribution in [0.4, 0.5) is 0 Å². The van der Waals surface area contributed by atoms with Crippen molar-refractivity contribution in [3.8, 4) is 0 Å². The van der Waals surface area contributed by atoms with E-state index in [1.165, 1.54) is 18.6 Å². The standard InChI is InChI=1S/C13H22N2S/c1-12(2)11-14-8-5-6-10-16-13-7-3-4-9-15-13/h3-4,7,9,12,14H,5-6,8,10-11H2,1-2H3. The van der Waals surface area contributed by atoms with Crippen LogP contribution in [0.3, 0.4) is 0 Å². The van der Waals surface area contributed by atoms with Crippen LogP contribution in [0, 0.1) is 5.92 Å². The lowest BCUT2D eigenvalue weighted by Crippen LogP contribution is -2.20. The van der Waals surface area contributed by atoms with Gasteiger partial charge in [-0.3, -0.25) is 0 Å². The van der Waals surface area contributed by atoms with Gasteiger partial charge in [-0.2, -0.15) is 0 Å². The minimum absolute atomic E-state index is 0.753. The van der Waals surface area contributed by atoms with Crippen molar-refractivity contribution in [3.63, 3.8) is 0 Å². The van der Waals surface area contributed by atoms with E-state index in [0.717, 1.165) is 24.0 Å². The molecule has 3 heteroatoms. The van der Waals surface area contributed by atoms with E-state index in [2.05, 4.69) is 30.2 Å². The van der Waals surface area contributed by atoms with Gasteiger partial charge in [0.25, 0.3) is 0 Å². The monoisotopic (exact) mass is 238 g/mol. The maximum Gasteiger partial charge on any atom is 0.0959 e. The van der Waals surface area contributed by atoms with Gasteiger partial charge in [-0.1, -0.05) is 19.9 Å². The van der Waals surface area contributed by atoms with Crippen molar-refractivity contribution >= 4 is 11.8 Å². The SMILES string of the molecule is CC(C)CNCCCCSc1ccccn1. The first-order chi connectivity index (χ1) is 7.79. The second kappa shape index (κ2) is 8.59. The van der Waals surface area contributed by atoms with E-state index < -0.39 is 0 Å². The largest absolute Gasteiger partial charge is 0.316 e. The Morgan fingerprint density at radius 3 is 2.88 bits per heavy atom. The molecule has 1 aromatic heterocycles. The minimum Gasteiger partial charge on any atom is -0.316 e. The van der Waals surface area contributed by atoms with Crippen LogP contribution in [0.5, 0.6) is 0 Å². The molecule has 0 radical (unpaired) electrons. The van der Waals surface area contributed by atoms with E-state index in [9.17, 15) is 0 Å². The summed E-state index contributed by atoms with van der Waals surface area (Å²) in [6.45, 7) is 6.75. The van der Waals surface area contributed by atoms with Gasteiger partial charge in [0.15, 0.2) is 0 Å². The first-order valence-electron chi connectivity index (χ1n) is 6.03. The molecule has 1 N–H and O–H groups in total. The predicted molar refractivity (Wildman–Crippen MR) is 71.9 cm³/mol. The van der Waals surface area contributed by atoms with E-state index in [0.29, 0.717) is 0 Å². The van der Waals surface area contributed by atoms with Gasteiger partial charge in [0.05, 0.1) is 5.03 Å². The highest BCUT2D eigenvalue weighted by Gasteiger charge is 1.95. The molecule has 1 heterocycles. The molecular formula is C13H22N2S. The van der Waals surface area contributed by atoms with Crippen molar-refractivity contribution in [2.45, 2.75) is 31.7 Å². The lowest BCUT2D eigenvalue weighted by molar-refractivity contribution is 0.541. The van der Waals surface area contributed by atoms with Crippen LogP contribution in [0.15, 0.2) is 29.4 Å². The summed E-state index contributed by atoms with van der Waals surface area (Å²) in [5.74, 6) is 1.92. The van der Waals surface area contributed by atoms with Crippen LogP contribution in [0.25, 0.3) is 0 Å². The minimum atomic E-state index is 0.753. The molecule has 0 amide bonds. The highest BCUT2D eigenvalue weighted by Crippen LogP contribution is 2.15. The lowest BCUT2D eigenvalue weighted by Gasteiger charge is -2.06. The molecule has 0 bridgehead atoms. The van der Waals surface area contributed by atoms with E-state index in [1.54, 1.807) is 0 Å². The third-order valence-electron chi connectivity index (χ3n) is 2.19. The number of nitrogens with one attached hydrogen (secondary N) is 1. The van der Waals surface area contributed by atoms with Crippen LogP contribution >= 0.6 is 11.8 Å². The Labute approximate surface area is 103 Å². The average molecular weight is 238 g/mol. The third-order valence-corrected chi connectivity index (χ3v) is 3.22. The second-order valence-corrected chi connectivity index (χ2v) is 5.44. The molecule has 0 saturated heterocycles. The fraction of sp³-hybridized carbons (Fsp3) is 0.615. The molecule has 16 heavy (non-hydrogen) atoms. The average Bonchev–Trinajstić information content (AvgIpc) is 2.29. The van der Waals surface area contributed by atoms with Crippen molar-refractivity contribution in [2.75, 3.05) is 18.8 Å². The number of thioether (sulfide) groups is 1. The Kier molecular flexibility index (Phi) is 7.26. The number of rotatable bonds is 8. The van der Waals surface area contributed by atoms with Gasteiger partial charge < -0.3 is 5.32 Å². The van der Waals surface area contributed by atoms with Gasteiger partial charge in [0, 0.05) is 6.20 Å². The zero-order chi connectivity index (χ0) is 11.6. The van der Waals surface area contributed by atoms with Gasteiger partial charge in [0.1, 0.15) is 0 Å². The van der Waals surface area contributed by atoms with Crippen molar-refractivity contribution in [2.24, 2.45) is 5.92 Å². The molecule has 0 aliphatic heterocycles. The predicted octanol–water partition coefficient (Wildman–Crippen LogP) is 3.20. The fourth-order valence-electron chi connectivity index (χ4n) is 1.35. The molecule has 0 saturated carbocycles. The molecule has 90 valence electrons. The lowest BCUT2D eigenvalue weighted by atomic mass is 10.2. The number of nitrogens with zero attached hydrogens (tertiary/aromatic N) is 1. The first-order valence-corrected chi connectivity index (χ1v) is 7.02. The quantitative estimate of drug-likeness (QED) is 0.556. The Balaban J connectivity index is 1.93. The van der Waals surface area contributed by atoms with Crippen LogP contribution in [-0.2, 0) is 0 Å². The Hall–Kier alpha value is -0.540. The van der Waals surface area contributed by atoms with E-state index in [1.807, 2.05) is 30.1 Å². The summed E-state index contributed by atoms with van der Waals surface area (Å²) in [6, 6.07) is 6.07. The topological polar surface area (TPSA) is 24.9 Å². The summed E-state index contributed by atoms with van der Waals surface area (Å²) in [7, 11) is 0. The van der Waals surface area contributed by atoms with Crippen molar-refractivity contribution in [1.82, 2.24) is 10.3 Å². The molecular weight excluding hydrogens is 216 g/mol. The smallest absolute Gasteiger partial charge is 0.0959 e. The summed E-state index contributed by atoms with van der Waals surface area (Å²) in [5.41, 5.74) is 0. The number of hydrogen-bond donors (Lipinski definition) is 1. The van der Waals surface area contributed by atoms with Gasteiger partial charge >= 0.3 is 0 Å². The molecule has 0 unspecified atom stereocenters. The summed E-state index contributed by atoms with van der Waals surface area (Å²) >= 11 is 1.85. The summed E-state index contributed by atoms with van der Waals surface area (Å²) < 4.78 is 0. The molecule has 1 aromatic rings. The van der Waals surface area contributed by atoms with Crippen molar-refractivity contribution < 1.29 is 0 Å². The highest BCUT2D eigenvalue weighted by atomic mass is 32.2. The van der Waals surface area contributed by atoms with E-state index >= 15 is 0 Å². The number of aromatic nitrogens is 1. The second-order valence-electron chi connectivity index (χ2n) is 4.32. The molecule has 0 aliphatic rings. The molecule has 0 aromatic carbocycles. The molecule has 1 rings (SSSR count). The van der Waals surface area contributed by atoms with Gasteiger partial charge in [0.2, 0.25) is 0 Å². The number of pyridine rings is 1. The highest BCUT2D eigenvalue weighted by molar-refractivity contribution is 7.99. The van der Waals surface area contributed by atoms with E-state index in [-0.39, 0.29) is 0 Å². The number of unbranched alkanes of at least 4 members (excludes halogenated alkanes) is 1. The van der Waals surface area contributed by atoms with Crippen molar-refractivity contribution in [3.05, 3.63) is 24.4 Å². The van der Waals surface area contributed by atoms with Gasteiger partial charge in [-0.05, 0) is 49.7 Å². The molecule has 0 fully saturated rings. The van der Waals surface area contributed by atoms with Crippen LogP contribution < -0.4 is 5.32 Å². The zero-order valence-electron chi connectivity index (χ0n) is 10.3. The first kappa shape index (κ1) is 13.5. The summed E-state index contributed by atoms with van der Waals surface area (Å²) in [6.07, 6.45) is 4.37. The molecule has 2 nitrogen and oxygen atoms in total. The summed E-state index contributed by atoms with van der Waals surface area (Å²) in [4.78, 5) is 4.28. The summed E-state index contributed by atoms with van der Waals surface area (Å²) in [5, 5.41) is 4.60. The Morgan fingerprint density at radius 1 is 1.31 bits per heavy atom. The van der Waals surface area contributed by atoms with Crippen LogP contribution in [-0.4, -0.2) is 23.8 Å². The van der Waals surface area contributed by atoms with E-state index in [4.69, 9.17) is 0 Å². The third kappa shape index (κ3) is 6.85. The Morgan fingerprint density at radius 2 is 2.19 bits per heavy atom. The molecule has 0 atom stereocenters. The molecule has 0 spiro atoms. The normalized spacial score (nSPS) is 10.9. The van der Waals surface area contributed by atoms with Crippen LogP contribution in [0.2, 0.25) is 0 Å². The zero-order valence-corrected chi connectivity index (χ0v) is 11.1. The Bertz CT molecular complexity index is 262. The molecule has 0 aliphatic carbocycles.